The summed E-state index contributed by atoms with van der Waals surface area (Å²) in [5.74, 6) is 0.437. The van der Waals surface area contributed by atoms with E-state index in [0.29, 0.717) is 35.4 Å². The number of thioether (sulfide) groups is 1. The first-order valence-corrected chi connectivity index (χ1v) is 12.6. The third kappa shape index (κ3) is 5.33. The SMILES string of the molecule is C=CCSc1nnc(-c2ccccc2NC(=O)c2cccc(S(=O)(=O)N3CCOCC3)c2)o1. The van der Waals surface area contributed by atoms with Crippen LogP contribution in [0.15, 0.2) is 75.7 Å². The van der Waals surface area contributed by atoms with Crippen LogP contribution in [0.5, 0.6) is 0 Å². The lowest BCUT2D eigenvalue weighted by Crippen LogP contribution is -2.40. The lowest BCUT2D eigenvalue weighted by Gasteiger charge is -2.26. The van der Waals surface area contributed by atoms with Crippen LogP contribution in [0, 0.1) is 0 Å². The normalized spacial score (nSPS) is 14.7. The molecule has 2 heterocycles. The minimum atomic E-state index is -3.72. The highest BCUT2D eigenvalue weighted by Gasteiger charge is 2.27. The third-order valence-electron chi connectivity index (χ3n) is 4.84. The number of morpholine rings is 1. The maximum absolute atomic E-state index is 13.0. The number of rotatable bonds is 8. The number of ether oxygens (including phenoxy) is 1. The van der Waals surface area contributed by atoms with E-state index in [1.807, 2.05) is 0 Å². The predicted octanol–water partition coefficient (Wildman–Crippen LogP) is 3.29. The number of nitrogens with one attached hydrogen (secondary N) is 1. The molecule has 0 radical (unpaired) electrons. The van der Waals surface area contributed by atoms with Crippen LogP contribution in [0.25, 0.3) is 11.5 Å². The summed E-state index contributed by atoms with van der Waals surface area (Å²) in [5.41, 5.74) is 1.24. The number of aromatic nitrogens is 2. The van der Waals surface area contributed by atoms with Crippen LogP contribution < -0.4 is 5.32 Å². The van der Waals surface area contributed by atoms with Crippen molar-refractivity contribution in [3.63, 3.8) is 0 Å². The number of benzene rings is 2. The van der Waals surface area contributed by atoms with Gasteiger partial charge < -0.3 is 14.5 Å². The number of carbonyl (C=O) groups excluding carboxylic acids is 1. The van der Waals surface area contributed by atoms with Gasteiger partial charge in [-0.25, -0.2) is 8.42 Å². The maximum atomic E-state index is 13.0. The summed E-state index contributed by atoms with van der Waals surface area (Å²) in [7, 11) is -3.72. The van der Waals surface area contributed by atoms with Crippen LogP contribution in [-0.2, 0) is 14.8 Å². The van der Waals surface area contributed by atoms with Gasteiger partial charge in [-0.05, 0) is 30.3 Å². The quantitative estimate of drug-likeness (QED) is 0.381. The molecule has 11 heteroatoms. The number of hydrogen-bond acceptors (Lipinski definition) is 8. The topological polar surface area (TPSA) is 115 Å². The number of amides is 1. The van der Waals surface area contributed by atoms with E-state index < -0.39 is 15.9 Å². The van der Waals surface area contributed by atoms with Gasteiger partial charge in [-0.1, -0.05) is 36.0 Å². The molecular weight excluding hydrogens is 464 g/mol. The smallest absolute Gasteiger partial charge is 0.277 e. The van der Waals surface area contributed by atoms with Gasteiger partial charge in [0.05, 0.1) is 29.4 Å². The van der Waals surface area contributed by atoms with E-state index in [1.165, 1.54) is 28.2 Å². The van der Waals surface area contributed by atoms with Crippen molar-refractivity contribution in [1.29, 1.82) is 0 Å². The summed E-state index contributed by atoms with van der Waals surface area (Å²) in [6.45, 7) is 4.92. The number of sulfonamides is 1. The standard InChI is InChI=1S/C22H22N4O5S2/c1-2-14-32-22-25-24-21(31-22)18-8-3-4-9-19(18)23-20(27)16-6-5-7-17(15-16)33(28,29)26-10-12-30-13-11-26/h2-9,15H,1,10-14H2,(H,23,27). The number of hydrogen-bond donors (Lipinski definition) is 1. The zero-order valence-electron chi connectivity index (χ0n) is 17.6. The largest absolute Gasteiger partial charge is 0.411 e. The molecule has 0 spiro atoms. The number of nitrogens with zero attached hydrogens (tertiary/aromatic N) is 3. The van der Waals surface area contributed by atoms with Crippen molar-refractivity contribution in [3.8, 4) is 11.5 Å². The summed E-state index contributed by atoms with van der Waals surface area (Å²) >= 11 is 1.35. The van der Waals surface area contributed by atoms with Gasteiger partial charge in [-0.15, -0.1) is 16.8 Å². The second-order valence-electron chi connectivity index (χ2n) is 7.02. The Labute approximate surface area is 195 Å². The van der Waals surface area contributed by atoms with Crippen LogP contribution in [0.1, 0.15) is 10.4 Å². The van der Waals surface area contributed by atoms with Gasteiger partial charge in [-0.2, -0.15) is 4.31 Å². The summed E-state index contributed by atoms with van der Waals surface area (Å²) in [5, 5.41) is 11.3. The molecule has 4 rings (SSSR count). The molecule has 0 bridgehead atoms. The Morgan fingerprint density at radius 2 is 1.94 bits per heavy atom. The molecular formula is C22H22N4O5S2. The molecule has 0 atom stereocenters. The van der Waals surface area contributed by atoms with E-state index in [-0.39, 0.29) is 29.4 Å². The minimum Gasteiger partial charge on any atom is -0.411 e. The van der Waals surface area contributed by atoms with Crippen LogP contribution in [0.3, 0.4) is 0 Å². The molecule has 9 nitrogen and oxygen atoms in total. The Morgan fingerprint density at radius 3 is 2.73 bits per heavy atom. The van der Waals surface area contributed by atoms with E-state index in [9.17, 15) is 13.2 Å². The second kappa shape index (κ2) is 10.3. The maximum Gasteiger partial charge on any atom is 0.277 e. The van der Waals surface area contributed by atoms with Crippen molar-refractivity contribution in [2.24, 2.45) is 0 Å². The van der Waals surface area contributed by atoms with Crippen molar-refractivity contribution in [2.75, 3.05) is 37.4 Å². The monoisotopic (exact) mass is 486 g/mol. The summed E-state index contributed by atoms with van der Waals surface area (Å²) in [4.78, 5) is 13.0. The van der Waals surface area contributed by atoms with E-state index in [2.05, 4.69) is 22.1 Å². The molecule has 0 aliphatic carbocycles. The van der Waals surface area contributed by atoms with Crippen molar-refractivity contribution in [3.05, 3.63) is 66.7 Å². The summed E-state index contributed by atoms with van der Waals surface area (Å²) < 4.78 is 38.2. The number of para-hydroxylation sites is 1. The highest BCUT2D eigenvalue weighted by atomic mass is 32.2. The Bertz CT molecular complexity index is 1250. The molecule has 172 valence electrons. The van der Waals surface area contributed by atoms with Gasteiger partial charge >= 0.3 is 0 Å². The molecule has 0 saturated carbocycles. The molecule has 1 fully saturated rings. The number of carbonyl (C=O) groups is 1. The van der Waals surface area contributed by atoms with Crippen LogP contribution in [-0.4, -0.2) is 60.9 Å². The van der Waals surface area contributed by atoms with Crippen LogP contribution in [0.4, 0.5) is 5.69 Å². The molecule has 33 heavy (non-hydrogen) atoms. The van der Waals surface area contributed by atoms with Crippen LogP contribution in [0.2, 0.25) is 0 Å². The molecule has 1 saturated heterocycles. The van der Waals surface area contributed by atoms with Crippen molar-refractivity contribution < 1.29 is 22.4 Å². The Hall–Kier alpha value is -2.99. The first kappa shape index (κ1) is 23.2. The van der Waals surface area contributed by atoms with E-state index in [4.69, 9.17) is 9.15 Å². The van der Waals surface area contributed by atoms with E-state index in [0.717, 1.165) is 0 Å². The van der Waals surface area contributed by atoms with Gasteiger partial charge in [0.15, 0.2) is 0 Å². The molecule has 1 aliphatic rings. The Kier molecular flexibility index (Phi) is 7.23. The lowest BCUT2D eigenvalue weighted by atomic mass is 10.1. The molecule has 1 N–H and O–H groups in total. The zero-order valence-corrected chi connectivity index (χ0v) is 19.3. The first-order chi connectivity index (χ1) is 16.0. The highest BCUT2D eigenvalue weighted by molar-refractivity contribution is 7.99. The van der Waals surface area contributed by atoms with Crippen LogP contribution >= 0.6 is 11.8 Å². The zero-order chi connectivity index (χ0) is 23.3. The summed E-state index contributed by atoms with van der Waals surface area (Å²) in [6, 6.07) is 13.0. The molecule has 3 aromatic rings. The van der Waals surface area contributed by atoms with Gasteiger partial charge in [-0.3, -0.25) is 4.79 Å². The van der Waals surface area contributed by atoms with Crippen molar-refractivity contribution >= 4 is 33.4 Å². The fourth-order valence-electron chi connectivity index (χ4n) is 3.21. The Morgan fingerprint density at radius 1 is 1.15 bits per heavy atom. The fourth-order valence-corrected chi connectivity index (χ4v) is 5.17. The second-order valence-corrected chi connectivity index (χ2v) is 9.93. The molecule has 1 amide bonds. The van der Waals surface area contributed by atoms with Gasteiger partial charge in [0.25, 0.3) is 17.0 Å². The highest BCUT2D eigenvalue weighted by Crippen LogP contribution is 2.29. The minimum absolute atomic E-state index is 0.0612. The third-order valence-corrected chi connectivity index (χ3v) is 7.55. The molecule has 0 unspecified atom stereocenters. The molecule has 1 aromatic heterocycles. The van der Waals surface area contributed by atoms with Crippen molar-refractivity contribution in [2.45, 2.75) is 10.1 Å². The van der Waals surface area contributed by atoms with Gasteiger partial charge in [0.1, 0.15) is 0 Å². The molecule has 2 aromatic carbocycles. The average molecular weight is 487 g/mol. The molecule has 1 aliphatic heterocycles. The van der Waals surface area contributed by atoms with E-state index in [1.54, 1.807) is 42.5 Å². The van der Waals surface area contributed by atoms with E-state index >= 15 is 0 Å². The predicted molar refractivity (Wildman–Crippen MR) is 125 cm³/mol. The van der Waals surface area contributed by atoms with Crippen molar-refractivity contribution in [1.82, 2.24) is 14.5 Å². The van der Waals surface area contributed by atoms with Gasteiger partial charge in [0, 0.05) is 24.4 Å². The van der Waals surface area contributed by atoms with Gasteiger partial charge in [0.2, 0.25) is 10.0 Å². The lowest BCUT2D eigenvalue weighted by molar-refractivity contribution is 0.0730. The Balaban J connectivity index is 1.55. The number of anilines is 1. The summed E-state index contributed by atoms with van der Waals surface area (Å²) in [6.07, 6.45) is 1.73. The average Bonchev–Trinajstić information content (AvgIpc) is 3.32. The first-order valence-electron chi connectivity index (χ1n) is 10.1. The fraction of sp³-hybridized carbons (Fsp3) is 0.227.